The molecular weight excluding hydrogens is 1520 g/mol. The molecule has 0 fully saturated rings. The third kappa shape index (κ3) is 11.5. The lowest BCUT2D eigenvalue weighted by Crippen LogP contribution is -2.28. The van der Waals surface area contributed by atoms with Crippen molar-refractivity contribution in [2.75, 3.05) is 0 Å². The minimum atomic E-state index is -0.735. The molecule has 24 aromatic rings. The number of rotatable bonds is 13. The van der Waals surface area contributed by atoms with E-state index in [1.54, 1.807) is 0 Å². The Balaban J connectivity index is 0.592. The first-order chi connectivity index (χ1) is 61.7. The summed E-state index contributed by atoms with van der Waals surface area (Å²) in [6, 6.07) is 156. The third-order valence-electron chi connectivity index (χ3n) is 26.2. The number of benzene rings is 19. The van der Waals surface area contributed by atoms with Gasteiger partial charge in [-0.15, -0.1) is 0 Å². The molecule has 25 rings (SSSR count). The molecule has 0 bridgehead atoms. The Bertz CT molecular complexity index is 8520. The van der Waals surface area contributed by atoms with Gasteiger partial charge in [0.05, 0.1) is 38.5 Å². The zero-order valence-electron chi connectivity index (χ0n) is 68.5. The van der Waals surface area contributed by atoms with Crippen LogP contribution in [-0.4, -0.2) is 28.7 Å². The van der Waals surface area contributed by atoms with Crippen LogP contribution < -0.4 is 0 Å². The van der Waals surface area contributed by atoms with Crippen LogP contribution in [0.5, 0.6) is 0 Å². The Morgan fingerprint density at radius 1 is 0.216 bits per heavy atom. The highest BCUT2D eigenvalue weighted by atomic mass is 16.3. The van der Waals surface area contributed by atoms with E-state index in [2.05, 4.69) is 440 Å². The van der Waals surface area contributed by atoms with E-state index in [4.69, 9.17) is 19.4 Å². The van der Waals surface area contributed by atoms with Crippen molar-refractivity contribution in [2.24, 2.45) is 0 Å². The van der Waals surface area contributed by atoms with Crippen molar-refractivity contribution in [3.05, 3.63) is 458 Å². The summed E-state index contributed by atoms with van der Waals surface area (Å²) < 4.78 is 14.0. The van der Waals surface area contributed by atoms with Gasteiger partial charge in [-0.25, -0.2) is 15.0 Å². The average molecular weight is 1590 g/mol. The van der Waals surface area contributed by atoms with E-state index in [1.807, 2.05) is 12.1 Å². The van der Waals surface area contributed by atoms with Gasteiger partial charge in [0.2, 0.25) is 0 Å². The quantitative estimate of drug-likeness (QED) is 0.115. The van der Waals surface area contributed by atoms with Gasteiger partial charge < -0.3 is 18.1 Å². The molecule has 5 aromatic heterocycles. The standard InChI is InChI=1S/C118H76N6O/c1-73-44-56-104-98(62-73)99-63-74(2)45-57-105(99)118(104,90-32-19-28-81(66-90)83-29-20-35-92(68-83)123-107-41-15-12-37-95(107)101-69-84(52-59-110(101)123)85-53-60-111-102(70-85)96-38-13-16-42-108(96)124(111)93-55-50-76-24-9-10-25-82(76)67-93)89-31-18-27-80(65-89)79-26-17-30-88(64-79)116-119-115(78-48-46-77(47-49-78)75-22-5-3-6-23-75)120-117(121-116)97-39-21-43-113-114(97)103-72-87(54-61-112(103)125-113)86-51-58-109-100(71-86)94-36-11-14-40-106(94)122(109)91-33-7-4-8-34-91/h3-72H,1-2H3. The van der Waals surface area contributed by atoms with Crippen LogP contribution in [0.3, 0.4) is 0 Å². The highest BCUT2D eigenvalue weighted by Crippen LogP contribution is 2.58. The molecule has 0 atom stereocenters. The number of aromatic nitrogens is 6. The van der Waals surface area contributed by atoms with Crippen molar-refractivity contribution < 1.29 is 4.42 Å². The van der Waals surface area contributed by atoms with Gasteiger partial charge in [-0.05, 0) is 241 Å². The fourth-order valence-corrected chi connectivity index (χ4v) is 20.5. The highest BCUT2D eigenvalue weighted by molar-refractivity contribution is 6.16. The van der Waals surface area contributed by atoms with Crippen molar-refractivity contribution in [1.82, 2.24) is 28.7 Å². The van der Waals surface area contributed by atoms with E-state index in [9.17, 15) is 0 Å². The molecule has 7 heteroatoms. The van der Waals surface area contributed by atoms with E-state index in [1.165, 1.54) is 115 Å². The summed E-state index contributed by atoms with van der Waals surface area (Å²) in [5.74, 6) is 1.67. The molecule has 0 saturated carbocycles. The van der Waals surface area contributed by atoms with Crippen LogP contribution >= 0.6 is 0 Å². The van der Waals surface area contributed by atoms with Crippen LogP contribution in [0.25, 0.3) is 216 Å². The predicted octanol–water partition coefficient (Wildman–Crippen LogP) is 30.5. The molecule has 0 N–H and O–H groups in total. The van der Waals surface area contributed by atoms with Gasteiger partial charge in [0.1, 0.15) is 11.2 Å². The SMILES string of the molecule is Cc1ccc2c(c1)-c1cc(C)ccc1C2(c1cccc(-c2cccc(-c3nc(-c4ccc(-c5ccccc5)cc4)nc(-c4cccc5oc6ccc(-c7ccc8c(c7)c7ccccc7n8-c7ccccc7)cc6c45)n3)c2)c1)c1cccc(-c2cccc(-n3c4ccccc4c4cc(-c5ccc6c(c5)c5ccccc5n6-c5ccc6ccccc6c5)ccc43)c2)c1. The van der Waals surface area contributed by atoms with Gasteiger partial charge in [-0.1, -0.05) is 308 Å². The maximum atomic E-state index is 6.80. The summed E-state index contributed by atoms with van der Waals surface area (Å²) in [6.45, 7) is 4.43. The van der Waals surface area contributed by atoms with Gasteiger partial charge in [0, 0.05) is 76.8 Å². The summed E-state index contributed by atoms with van der Waals surface area (Å²) in [6.07, 6.45) is 0. The van der Waals surface area contributed by atoms with Crippen LogP contribution in [0, 0.1) is 13.8 Å². The van der Waals surface area contributed by atoms with Crippen LogP contribution in [0.15, 0.2) is 429 Å². The number of nitrogens with zero attached hydrogens (tertiary/aromatic N) is 6. The second kappa shape index (κ2) is 28.4. The molecule has 7 nitrogen and oxygen atoms in total. The van der Waals surface area contributed by atoms with Gasteiger partial charge >= 0.3 is 0 Å². The van der Waals surface area contributed by atoms with E-state index >= 15 is 0 Å². The van der Waals surface area contributed by atoms with Crippen molar-refractivity contribution in [3.63, 3.8) is 0 Å². The Hall–Kier alpha value is -16.4. The molecule has 0 unspecified atom stereocenters. The van der Waals surface area contributed by atoms with Gasteiger partial charge in [-0.3, -0.25) is 0 Å². The highest BCUT2D eigenvalue weighted by Gasteiger charge is 2.47. The van der Waals surface area contributed by atoms with Crippen LogP contribution in [-0.2, 0) is 5.41 Å². The Labute approximate surface area is 721 Å². The number of fused-ring (bicyclic) bond motifs is 16. The summed E-state index contributed by atoms with van der Waals surface area (Å²) in [5, 5.41) is 11.6. The molecule has 584 valence electrons. The largest absolute Gasteiger partial charge is 0.456 e. The fraction of sp³-hybridized carbons (Fsp3) is 0.0254. The molecule has 0 saturated heterocycles. The van der Waals surface area contributed by atoms with Crippen LogP contribution in [0.4, 0.5) is 0 Å². The monoisotopic (exact) mass is 1590 g/mol. The fourth-order valence-electron chi connectivity index (χ4n) is 20.5. The zero-order chi connectivity index (χ0) is 82.5. The van der Waals surface area contributed by atoms with Crippen molar-refractivity contribution in [2.45, 2.75) is 19.3 Å². The second-order valence-corrected chi connectivity index (χ2v) is 33.5. The molecule has 19 aromatic carbocycles. The Morgan fingerprint density at radius 3 is 1.21 bits per heavy atom. The number of furan rings is 1. The first kappa shape index (κ1) is 71.6. The number of hydrogen-bond donors (Lipinski definition) is 0. The molecule has 0 spiro atoms. The normalized spacial score (nSPS) is 12.5. The van der Waals surface area contributed by atoms with E-state index in [0.29, 0.717) is 17.5 Å². The number of para-hydroxylation sites is 4. The van der Waals surface area contributed by atoms with Crippen LogP contribution in [0.1, 0.15) is 33.4 Å². The van der Waals surface area contributed by atoms with Gasteiger partial charge in [-0.2, -0.15) is 0 Å². The molecule has 0 aliphatic heterocycles. The zero-order valence-corrected chi connectivity index (χ0v) is 68.5. The van der Waals surface area contributed by atoms with Gasteiger partial charge in [0.15, 0.2) is 17.5 Å². The maximum absolute atomic E-state index is 6.80. The Morgan fingerprint density at radius 2 is 0.616 bits per heavy atom. The minimum Gasteiger partial charge on any atom is -0.456 e. The number of hydrogen-bond acceptors (Lipinski definition) is 4. The summed E-state index contributed by atoms with van der Waals surface area (Å²) in [4.78, 5) is 16.5. The van der Waals surface area contributed by atoms with E-state index in [-0.39, 0.29) is 0 Å². The lowest BCUT2D eigenvalue weighted by Gasteiger charge is -2.34. The van der Waals surface area contributed by atoms with E-state index < -0.39 is 5.41 Å². The van der Waals surface area contributed by atoms with Crippen molar-refractivity contribution >= 4 is 98.1 Å². The predicted molar refractivity (Wildman–Crippen MR) is 518 cm³/mol. The molecule has 1 aliphatic rings. The molecular formula is C118H76N6O. The minimum absolute atomic E-state index is 0.545. The topological polar surface area (TPSA) is 66.6 Å². The third-order valence-corrected chi connectivity index (χ3v) is 26.2. The van der Waals surface area contributed by atoms with Crippen LogP contribution in [0.2, 0.25) is 0 Å². The summed E-state index contributed by atoms with van der Waals surface area (Å²) >= 11 is 0. The lowest BCUT2D eigenvalue weighted by atomic mass is 9.67. The molecule has 0 radical (unpaired) electrons. The molecule has 125 heavy (non-hydrogen) atoms. The molecule has 0 amide bonds. The second-order valence-electron chi connectivity index (χ2n) is 33.5. The number of aryl methyl sites for hydroxylation is 2. The molecule has 1 aliphatic carbocycles. The van der Waals surface area contributed by atoms with E-state index in [0.717, 1.165) is 117 Å². The lowest BCUT2D eigenvalue weighted by molar-refractivity contribution is 0.669. The first-order valence-corrected chi connectivity index (χ1v) is 42.9. The van der Waals surface area contributed by atoms with Crippen molar-refractivity contribution in [3.8, 4) is 118 Å². The first-order valence-electron chi connectivity index (χ1n) is 42.9. The average Bonchev–Trinajstić information content (AvgIpc) is 1.54. The Kier molecular flexibility index (Phi) is 16.3. The molecule has 5 heterocycles. The van der Waals surface area contributed by atoms with Crippen molar-refractivity contribution in [1.29, 1.82) is 0 Å². The maximum Gasteiger partial charge on any atom is 0.164 e. The van der Waals surface area contributed by atoms with Gasteiger partial charge in [0.25, 0.3) is 0 Å². The smallest absolute Gasteiger partial charge is 0.164 e. The summed E-state index contributed by atoms with van der Waals surface area (Å²) in [7, 11) is 0. The summed E-state index contributed by atoms with van der Waals surface area (Å²) in [5.41, 5.74) is 34.7.